The number of nitrogens with zero attached hydrogens (tertiary/aromatic N) is 13. The molecule has 654 valence electrons. The van der Waals surface area contributed by atoms with Crippen molar-refractivity contribution in [2.45, 2.75) is 157 Å². The van der Waals surface area contributed by atoms with Crippen molar-refractivity contribution in [1.29, 1.82) is 0 Å². The van der Waals surface area contributed by atoms with E-state index < -0.39 is 11.9 Å². The molecule has 0 saturated heterocycles. The van der Waals surface area contributed by atoms with Crippen molar-refractivity contribution in [3.63, 3.8) is 0 Å². The summed E-state index contributed by atoms with van der Waals surface area (Å²) in [5, 5.41) is 20.1. The number of aromatic nitrogens is 15. The maximum absolute atomic E-state index is 12.8. The number of imidazole rings is 5. The fourth-order valence-corrected chi connectivity index (χ4v) is 17.1. The Morgan fingerprint density at radius 2 is 0.695 bits per heavy atom. The number of hydrogen-bond donors (Lipinski definition) is 3. The van der Waals surface area contributed by atoms with Crippen molar-refractivity contribution < 1.29 is 70.3 Å². The molecule has 17 aromatic rings. The van der Waals surface area contributed by atoms with Crippen LogP contribution in [-0.4, -0.2) is 140 Å². The monoisotopic (exact) mass is 1720 g/mol. The van der Waals surface area contributed by atoms with E-state index in [0.29, 0.717) is 104 Å². The molecule has 4 fully saturated rings. The van der Waals surface area contributed by atoms with Gasteiger partial charge in [-0.1, -0.05) is 86.4 Å². The second kappa shape index (κ2) is 34.9. The maximum Gasteiger partial charge on any atom is 0.340 e. The third-order valence-corrected chi connectivity index (χ3v) is 23.8. The minimum absolute atomic E-state index is 0.242. The molecule has 0 spiro atoms. The molecule has 21 rings (SSSR count). The van der Waals surface area contributed by atoms with E-state index in [2.05, 4.69) is 89.8 Å². The van der Waals surface area contributed by atoms with Gasteiger partial charge in [0.1, 0.15) is 74.2 Å². The minimum atomic E-state index is -0.472. The van der Waals surface area contributed by atoms with E-state index in [9.17, 15) is 24.0 Å². The lowest BCUT2D eigenvalue weighted by atomic mass is 10.00. The molecular formula is C97H96N16O15. The lowest BCUT2D eigenvalue weighted by Gasteiger charge is -2.12. The number of ether oxygens (including phenoxy) is 5. The summed E-state index contributed by atoms with van der Waals surface area (Å²) in [6, 6.07) is 39.7. The first-order valence-corrected chi connectivity index (χ1v) is 42.3. The zero-order valence-electron chi connectivity index (χ0n) is 73.9. The number of esters is 5. The molecule has 4 N–H and O–H groups in total. The number of carbonyl (C=O) groups excluding carboxylic acids is 5. The summed E-state index contributed by atoms with van der Waals surface area (Å²) >= 11 is 0. The van der Waals surface area contributed by atoms with Crippen LogP contribution in [0.3, 0.4) is 0 Å². The molecule has 0 radical (unpaired) electrons. The van der Waals surface area contributed by atoms with E-state index in [1.165, 1.54) is 46.7 Å². The largest absolute Gasteiger partial charge is 0.465 e. The van der Waals surface area contributed by atoms with E-state index in [-0.39, 0.29) is 23.9 Å². The summed E-state index contributed by atoms with van der Waals surface area (Å²) < 4.78 is 57.9. The number of carbonyl (C=O) groups is 5. The summed E-state index contributed by atoms with van der Waals surface area (Å²) in [7, 11) is 8.91. The number of methoxy groups -OCH3 is 5. The van der Waals surface area contributed by atoms with Crippen molar-refractivity contribution in [3.8, 4) is 55.6 Å². The highest BCUT2D eigenvalue weighted by atomic mass is 16.5. The van der Waals surface area contributed by atoms with Crippen molar-refractivity contribution >= 4 is 91.0 Å². The Morgan fingerprint density at radius 1 is 0.367 bits per heavy atom. The van der Waals surface area contributed by atoms with Crippen LogP contribution in [0.1, 0.15) is 219 Å². The van der Waals surface area contributed by atoms with Gasteiger partial charge in [0.25, 0.3) is 0 Å². The van der Waals surface area contributed by atoms with Crippen LogP contribution in [0.2, 0.25) is 0 Å². The quantitative estimate of drug-likeness (QED) is 0.0530. The van der Waals surface area contributed by atoms with Crippen LogP contribution in [0, 0.1) is 69.2 Å². The Hall–Kier alpha value is -14.9. The summed E-state index contributed by atoms with van der Waals surface area (Å²) in [4.78, 5) is 91.6. The SMILES string of the molecule is COC(=O)c1cc(-c2c(C)noc2C)cc2[nH]c(C3CC3)nc12.COC(=O)c1cc(-c2c(C)noc2C)cc2[nH]c(N)nc12.COC(=O)c1cc(-c2c(C)noc2C)cc2c1nc(C1CC1)n2C.COC(=O)c1cc(-c2c(C)noc2C)cc2c1nc(C1CC1)n2Cc1ccccc1.COC(=O)c1cc(-c2c(C)noc2C)cc2nc(C3CC3)n(Cc3ccccc3)c12. The van der Waals surface area contributed by atoms with E-state index >= 15 is 0 Å². The lowest BCUT2D eigenvalue weighted by Crippen LogP contribution is -2.09. The highest BCUT2D eigenvalue weighted by molar-refractivity contribution is 6.09. The van der Waals surface area contributed by atoms with Gasteiger partial charge in [-0.25, -0.2) is 48.9 Å². The van der Waals surface area contributed by atoms with E-state index in [4.69, 9.17) is 67.0 Å². The van der Waals surface area contributed by atoms with Gasteiger partial charge in [-0.2, -0.15) is 0 Å². The first-order chi connectivity index (χ1) is 61.7. The van der Waals surface area contributed by atoms with Crippen molar-refractivity contribution in [2.75, 3.05) is 41.3 Å². The molecule has 0 bridgehead atoms. The molecule has 7 aromatic carbocycles. The van der Waals surface area contributed by atoms with Gasteiger partial charge in [-0.15, -0.1) is 0 Å². The Morgan fingerprint density at radius 3 is 1.09 bits per heavy atom. The van der Waals surface area contributed by atoms with Gasteiger partial charge in [0.15, 0.2) is 5.95 Å². The molecule has 31 heteroatoms. The Kier molecular flexibility index (Phi) is 23.2. The standard InChI is InChI=1S/2C24H23N3O3.C18H19N3O3.C17H17N3O3.C14H14N4O3/c1-14-21(15(2)30-26-14)18-11-19(24(28)29-3)22-20(12-18)27(23(25-22)17-9-10-17)13-16-7-5-4-6-8-16;1-14-21(15(2)30-26-14)18-11-19(24(28)29-3)22-20(12-18)25-23(17-9-10-17)27(22)13-16-7-5-4-6-8-16;1-9-15(10(2)24-20-9)12-7-13(18(22)23-4)16-14(8-12)21(3)17(19-16)11-5-6-11;1-8-14(9(2)23-20-8)11-6-12(17(21)22-3)15-13(7-11)18-16(19-15)10-4-5-10;1-6-11(7(2)21-18-6)8-4-9(13(19)20-3)12-10(5-8)16-14(15)17-12/h2*4-8,11-12,17H,9-10,13H2,1-3H3;7-8,11H,5-6H2,1-4H3;6-7,10H,4-5H2,1-3H3,(H,18,19);4-5H,1-3H3,(H3,15,16,17). The third-order valence-electron chi connectivity index (χ3n) is 23.8. The molecule has 4 aliphatic carbocycles. The molecule has 0 atom stereocenters. The fourth-order valence-electron chi connectivity index (χ4n) is 17.1. The summed E-state index contributed by atoms with van der Waals surface area (Å²) in [6.07, 6.45) is 9.10. The van der Waals surface area contributed by atoms with Gasteiger partial charge < -0.3 is 75.7 Å². The van der Waals surface area contributed by atoms with Gasteiger partial charge >= 0.3 is 29.8 Å². The van der Waals surface area contributed by atoms with E-state index in [1.54, 1.807) is 12.1 Å². The van der Waals surface area contributed by atoms with Gasteiger partial charge in [0.2, 0.25) is 0 Å². The smallest absolute Gasteiger partial charge is 0.340 e. The van der Waals surface area contributed by atoms with Gasteiger partial charge in [0, 0.05) is 71.6 Å². The number of rotatable bonds is 18. The van der Waals surface area contributed by atoms with Crippen LogP contribution in [0.15, 0.2) is 144 Å². The van der Waals surface area contributed by atoms with Gasteiger partial charge in [0.05, 0.1) is 125 Å². The molecular weight excluding hydrogens is 1630 g/mol. The number of nitrogens with two attached hydrogens (primary N) is 1. The molecule has 0 unspecified atom stereocenters. The van der Waals surface area contributed by atoms with E-state index in [0.717, 1.165) is 204 Å². The normalized spacial score (nSPS) is 13.5. The highest BCUT2D eigenvalue weighted by Crippen LogP contribution is 2.47. The lowest BCUT2D eigenvalue weighted by molar-refractivity contribution is 0.0593. The molecule has 0 amide bonds. The van der Waals surface area contributed by atoms with E-state index in [1.807, 2.05) is 155 Å². The summed E-state index contributed by atoms with van der Waals surface area (Å²) in [5.41, 5.74) is 30.5. The first kappa shape index (κ1) is 85.3. The molecule has 10 aromatic heterocycles. The molecule has 4 aliphatic rings. The molecule has 31 nitrogen and oxygen atoms in total. The fraction of sp³-hybridized carbons (Fsp3) is 0.309. The molecule has 4 saturated carbocycles. The molecule has 128 heavy (non-hydrogen) atoms. The number of nitrogen functional groups attached to an aromatic ring is 1. The number of nitrogens with one attached hydrogen (secondary N) is 2. The number of aromatic amines is 2. The number of fused-ring (bicyclic) bond motifs is 5. The summed E-state index contributed by atoms with van der Waals surface area (Å²) in [6.45, 7) is 20.1. The number of benzene rings is 7. The number of H-pyrrole nitrogens is 2. The molecule has 10 heterocycles. The Balaban J connectivity index is 0.000000113. The Labute approximate surface area is 734 Å². The van der Waals surface area contributed by atoms with Crippen LogP contribution in [0.4, 0.5) is 5.95 Å². The molecule has 0 aliphatic heterocycles. The van der Waals surface area contributed by atoms with Crippen LogP contribution >= 0.6 is 0 Å². The van der Waals surface area contributed by atoms with Crippen LogP contribution < -0.4 is 5.73 Å². The Bertz CT molecular complexity index is 7080. The second-order valence-corrected chi connectivity index (χ2v) is 32.9. The van der Waals surface area contributed by atoms with Gasteiger partial charge in [-0.3, -0.25) is 0 Å². The van der Waals surface area contributed by atoms with Crippen molar-refractivity contribution in [1.82, 2.24) is 74.4 Å². The third kappa shape index (κ3) is 16.7. The van der Waals surface area contributed by atoms with Gasteiger partial charge in [-0.05, 0) is 220 Å². The van der Waals surface area contributed by atoms with Crippen LogP contribution in [0.25, 0.3) is 111 Å². The zero-order valence-corrected chi connectivity index (χ0v) is 73.9. The average Bonchev–Trinajstić information content (AvgIpc) is 1.59. The first-order valence-electron chi connectivity index (χ1n) is 42.3. The summed E-state index contributed by atoms with van der Waals surface area (Å²) in [5.74, 6) is 7.71. The maximum atomic E-state index is 12.8. The topological polar surface area (TPSA) is 398 Å². The van der Waals surface area contributed by atoms with Crippen LogP contribution in [-0.2, 0) is 43.8 Å². The van der Waals surface area contributed by atoms with Crippen molar-refractivity contribution in [2.24, 2.45) is 7.05 Å². The van der Waals surface area contributed by atoms with Crippen LogP contribution in [0.5, 0.6) is 0 Å². The second-order valence-electron chi connectivity index (χ2n) is 32.9. The predicted octanol–water partition coefficient (Wildman–Crippen LogP) is 19.3. The number of hydrogen-bond acceptors (Lipinski definition) is 26. The van der Waals surface area contributed by atoms with Crippen molar-refractivity contribution in [3.05, 3.63) is 241 Å². The predicted molar refractivity (Wildman–Crippen MR) is 477 cm³/mol. The minimum Gasteiger partial charge on any atom is -0.465 e. The number of anilines is 1. The zero-order chi connectivity index (χ0) is 89.9. The average molecular weight is 1730 g/mol. The number of aryl methyl sites for hydroxylation is 11. The highest BCUT2D eigenvalue weighted by Gasteiger charge is 2.36.